The minimum absolute atomic E-state index is 0.182. The number of nitrogens with one attached hydrogen (secondary N) is 2. The smallest absolute Gasteiger partial charge is 0.244 e. The first-order chi connectivity index (χ1) is 14.0. The molecule has 150 valence electrons. The predicted octanol–water partition coefficient (Wildman–Crippen LogP) is 1.73. The molecular weight excluding hydrogens is 390 g/mol. The lowest BCUT2D eigenvalue weighted by molar-refractivity contribution is -0.116. The summed E-state index contributed by atoms with van der Waals surface area (Å²) in [5, 5.41) is 14.8. The van der Waals surface area contributed by atoms with E-state index < -0.39 is 10.0 Å². The van der Waals surface area contributed by atoms with Gasteiger partial charge in [-0.2, -0.15) is 5.26 Å². The van der Waals surface area contributed by atoms with Gasteiger partial charge in [-0.1, -0.05) is 12.1 Å². The van der Waals surface area contributed by atoms with Crippen LogP contribution < -0.4 is 14.9 Å². The Bertz CT molecular complexity index is 1040. The molecule has 1 aromatic carbocycles. The zero-order chi connectivity index (χ0) is 20.7. The molecule has 0 radical (unpaired) electrons. The molecule has 0 aliphatic carbocycles. The van der Waals surface area contributed by atoms with Crippen molar-refractivity contribution in [1.82, 2.24) is 10.3 Å². The Kier molecular flexibility index (Phi) is 6.46. The largest absolute Gasteiger partial charge is 0.367 e. The number of anilines is 2. The summed E-state index contributed by atoms with van der Waals surface area (Å²) in [5.74, 6) is 0.418. The number of hydrogen-bond donors (Lipinski definition) is 2. The maximum absolute atomic E-state index is 11.9. The van der Waals surface area contributed by atoms with Crippen LogP contribution in [0.1, 0.15) is 17.5 Å². The maximum atomic E-state index is 11.9. The van der Waals surface area contributed by atoms with Crippen molar-refractivity contribution >= 4 is 33.5 Å². The van der Waals surface area contributed by atoms with Gasteiger partial charge in [0.1, 0.15) is 11.9 Å². The van der Waals surface area contributed by atoms with E-state index in [9.17, 15) is 13.2 Å². The molecule has 9 heteroatoms. The van der Waals surface area contributed by atoms with Gasteiger partial charge in [0.25, 0.3) is 0 Å². The van der Waals surface area contributed by atoms with E-state index in [0.717, 1.165) is 5.56 Å². The van der Waals surface area contributed by atoms with E-state index in [1.54, 1.807) is 48.7 Å². The van der Waals surface area contributed by atoms with Crippen LogP contribution in [0.3, 0.4) is 0 Å². The Morgan fingerprint density at radius 2 is 2.03 bits per heavy atom. The summed E-state index contributed by atoms with van der Waals surface area (Å²) in [4.78, 5) is 16.0. The van der Waals surface area contributed by atoms with E-state index in [4.69, 9.17) is 5.26 Å². The van der Waals surface area contributed by atoms with Crippen LogP contribution in [0.15, 0.2) is 48.7 Å². The van der Waals surface area contributed by atoms with Crippen LogP contribution in [-0.2, 0) is 14.8 Å². The van der Waals surface area contributed by atoms with E-state index in [0.29, 0.717) is 43.1 Å². The summed E-state index contributed by atoms with van der Waals surface area (Å²) in [6.45, 7) is 1.31. The molecule has 0 unspecified atom stereocenters. The molecular formula is C20H21N5O3S. The van der Waals surface area contributed by atoms with Crippen LogP contribution in [0, 0.1) is 11.3 Å². The highest BCUT2D eigenvalue weighted by atomic mass is 32.2. The molecule has 1 saturated heterocycles. The highest BCUT2D eigenvalue weighted by molar-refractivity contribution is 7.93. The fraction of sp³-hybridized carbons (Fsp3) is 0.250. The van der Waals surface area contributed by atoms with Gasteiger partial charge in [-0.25, -0.2) is 13.4 Å². The maximum Gasteiger partial charge on any atom is 0.244 e. The summed E-state index contributed by atoms with van der Waals surface area (Å²) in [5.41, 5.74) is 1.89. The van der Waals surface area contributed by atoms with Crippen LogP contribution in [0.25, 0.3) is 6.08 Å². The van der Waals surface area contributed by atoms with Gasteiger partial charge in [0.05, 0.1) is 17.0 Å². The van der Waals surface area contributed by atoms with Crippen molar-refractivity contribution in [3.63, 3.8) is 0 Å². The van der Waals surface area contributed by atoms with Crippen LogP contribution in [0.2, 0.25) is 0 Å². The third-order valence-electron chi connectivity index (χ3n) is 4.35. The minimum Gasteiger partial charge on any atom is -0.367 e. The molecule has 2 aromatic rings. The number of benzene rings is 1. The zero-order valence-electron chi connectivity index (χ0n) is 15.7. The number of nitrogens with zero attached hydrogens (tertiary/aromatic N) is 3. The van der Waals surface area contributed by atoms with Gasteiger partial charge >= 0.3 is 0 Å². The number of aromatic nitrogens is 1. The van der Waals surface area contributed by atoms with Crippen molar-refractivity contribution in [3.05, 3.63) is 59.8 Å². The molecule has 1 amide bonds. The van der Waals surface area contributed by atoms with Gasteiger partial charge < -0.3 is 10.6 Å². The van der Waals surface area contributed by atoms with E-state index in [1.165, 1.54) is 10.4 Å². The topological polar surface area (TPSA) is 115 Å². The van der Waals surface area contributed by atoms with Gasteiger partial charge in [-0.05, 0) is 42.3 Å². The molecule has 8 nitrogen and oxygen atoms in total. The number of carbonyl (C=O) groups excluding carboxylic acids is 1. The summed E-state index contributed by atoms with van der Waals surface area (Å²) < 4.78 is 25.3. The first-order valence-electron chi connectivity index (χ1n) is 9.15. The molecule has 1 aliphatic rings. The highest BCUT2D eigenvalue weighted by Crippen LogP contribution is 2.24. The Hall–Kier alpha value is -3.38. The van der Waals surface area contributed by atoms with Crippen molar-refractivity contribution in [2.45, 2.75) is 6.42 Å². The second-order valence-corrected chi connectivity index (χ2v) is 8.41. The van der Waals surface area contributed by atoms with Crippen molar-refractivity contribution in [3.8, 4) is 6.07 Å². The van der Waals surface area contributed by atoms with Gasteiger partial charge in [0.2, 0.25) is 15.9 Å². The Labute approximate surface area is 169 Å². The van der Waals surface area contributed by atoms with Gasteiger partial charge in [0, 0.05) is 31.9 Å². The molecule has 0 atom stereocenters. The fourth-order valence-corrected chi connectivity index (χ4v) is 4.48. The molecule has 1 fully saturated rings. The van der Waals surface area contributed by atoms with E-state index in [-0.39, 0.29) is 11.7 Å². The lowest BCUT2D eigenvalue weighted by atomic mass is 10.2. The summed E-state index contributed by atoms with van der Waals surface area (Å²) >= 11 is 0. The molecule has 2 N–H and O–H groups in total. The summed E-state index contributed by atoms with van der Waals surface area (Å²) in [7, 11) is -3.19. The average molecular weight is 411 g/mol. The molecule has 0 spiro atoms. The lowest BCUT2D eigenvalue weighted by Gasteiger charge is -2.16. The molecule has 2 heterocycles. The number of sulfonamides is 1. The lowest BCUT2D eigenvalue weighted by Crippen LogP contribution is -2.27. The minimum atomic E-state index is -3.19. The standard InChI is InChI=1S/C20H21N5O3S/c21-15-17-3-1-10-23-20(17)24-12-11-22-19(26)9-6-16-4-7-18(8-5-16)25-13-2-14-29(25,27)28/h1,3-10H,2,11-14H2,(H,22,26)(H,23,24). The monoisotopic (exact) mass is 411 g/mol. The molecule has 1 aromatic heterocycles. The normalized spacial score (nSPS) is 15.2. The number of nitriles is 1. The second-order valence-electron chi connectivity index (χ2n) is 6.40. The Morgan fingerprint density at radius 3 is 2.72 bits per heavy atom. The highest BCUT2D eigenvalue weighted by Gasteiger charge is 2.28. The van der Waals surface area contributed by atoms with Gasteiger partial charge in [0.15, 0.2) is 0 Å². The number of rotatable bonds is 7. The number of hydrogen-bond acceptors (Lipinski definition) is 6. The third kappa shape index (κ3) is 5.33. The molecule has 3 rings (SSSR count). The molecule has 1 aliphatic heterocycles. The van der Waals surface area contributed by atoms with Gasteiger partial charge in [-0.15, -0.1) is 0 Å². The molecule has 0 bridgehead atoms. The summed E-state index contributed by atoms with van der Waals surface area (Å²) in [6, 6.07) is 12.4. The summed E-state index contributed by atoms with van der Waals surface area (Å²) in [6.07, 6.45) is 5.31. The van der Waals surface area contributed by atoms with E-state index in [1.807, 2.05) is 6.07 Å². The van der Waals surface area contributed by atoms with Crippen molar-refractivity contribution in [1.29, 1.82) is 5.26 Å². The SMILES string of the molecule is N#Cc1cccnc1NCCNC(=O)C=Cc1ccc(N2CCCS2(=O)=O)cc1. The predicted molar refractivity (Wildman–Crippen MR) is 112 cm³/mol. The quantitative estimate of drug-likeness (QED) is 0.530. The Balaban J connectivity index is 1.46. The van der Waals surface area contributed by atoms with Crippen LogP contribution in [0.5, 0.6) is 0 Å². The fourth-order valence-electron chi connectivity index (χ4n) is 2.92. The van der Waals surface area contributed by atoms with Crippen molar-refractivity contribution < 1.29 is 13.2 Å². The van der Waals surface area contributed by atoms with E-state index in [2.05, 4.69) is 15.6 Å². The van der Waals surface area contributed by atoms with Gasteiger partial charge in [-0.3, -0.25) is 9.10 Å². The van der Waals surface area contributed by atoms with E-state index >= 15 is 0 Å². The molecule has 0 saturated carbocycles. The first-order valence-corrected chi connectivity index (χ1v) is 10.8. The zero-order valence-corrected chi connectivity index (χ0v) is 16.5. The Morgan fingerprint density at radius 1 is 1.24 bits per heavy atom. The van der Waals surface area contributed by atoms with Crippen molar-refractivity contribution in [2.24, 2.45) is 0 Å². The molecule has 29 heavy (non-hydrogen) atoms. The first kappa shape index (κ1) is 20.4. The number of amides is 1. The van der Waals surface area contributed by atoms with Crippen LogP contribution >= 0.6 is 0 Å². The average Bonchev–Trinajstić information content (AvgIpc) is 3.09. The van der Waals surface area contributed by atoms with Crippen LogP contribution in [0.4, 0.5) is 11.5 Å². The third-order valence-corrected chi connectivity index (χ3v) is 6.22. The number of carbonyl (C=O) groups is 1. The number of pyridine rings is 1. The van der Waals surface area contributed by atoms with Crippen LogP contribution in [-0.4, -0.2) is 44.7 Å². The van der Waals surface area contributed by atoms with Crippen molar-refractivity contribution in [2.75, 3.05) is 35.0 Å². The second kappa shape index (κ2) is 9.21.